The maximum Gasteiger partial charge on any atom is 0.320 e. The number of anilines is 1. The normalized spacial score (nSPS) is 18.9. The number of benzene rings is 1. The Kier molecular flexibility index (Phi) is 5.81. The molecule has 30 heavy (non-hydrogen) atoms. The van der Waals surface area contributed by atoms with Gasteiger partial charge in [0.2, 0.25) is 0 Å². The lowest BCUT2D eigenvalue weighted by atomic mass is 9.73. The summed E-state index contributed by atoms with van der Waals surface area (Å²) < 4.78 is 0. The molecule has 2 amide bonds. The number of aliphatic carboxylic acids is 1. The molecule has 3 heterocycles. The second-order valence-corrected chi connectivity index (χ2v) is 8.27. The van der Waals surface area contributed by atoms with Gasteiger partial charge < -0.3 is 19.8 Å². The van der Waals surface area contributed by atoms with Crippen LogP contribution < -0.4 is 4.90 Å². The van der Waals surface area contributed by atoms with Gasteiger partial charge in [-0.1, -0.05) is 41.9 Å². The van der Waals surface area contributed by atoms with Gasteiger partial charge in [0.05, 0.1) is 10.4 Å². The van der Waals surface area contributed by atoms with Crippen molar-refractivity contribution in [3.63, 3.8) is 0 Å². The highest BCUT2D eigenvalue weighted by Crippen LogP contribution is 2.36. The SMILES string of the molecule is O=C(N1CCN(c2ccc(Cl)cn2)CC1)N1CCC(C(=O)O)(c2ccccc2)CC1. The number of carbonyl (C=O) groups is 2. The standard InChI is InChI=1S/C22H25ClN4O3/c23-18-6-7-19(24-16-18)25-12-14-27(15-13-25)21(30)26-10-8-22(9-11-26,20(28)29)17-4-2-1-3-5-17/h1-7,16H,8-15H2,(H,28,29). The zero-order chi connectivity index (χ0) is 21.1. The summed E-state index contributed by atoms with van der Waals surface area (Å²) in [6.45, 7) is 3.53. The topological polar surface area (TPSA) is 77.0 Å². The first-order chi connectivity index (χ1) is 14.5. The van der Waals surface area contributed by atoms with Crippen LogP contribution in [0.4, 0.5) is 10.6 Å². The lowest BCUT2D eigenvalue weighted by molar-refractivity contribution is -0.145. The van der Waals surface area contributed by atoms with Crippen molar-refractivity contribution in [1.29, 1.82) is 0 Å². The number of carboxylic acid groups (broad SMARTS) is 1. The summed E-state index contributed by atoms with van der Waals surface area (Å²) in [4.78, 5) is 35.3. The predicted octanol–water partition coefficient (Wildman–Crippen LogP) is 3.10. The van der Waals surface area contributed by atoms with E-state index in [9.17, 15) is 14.7 Å². The third-order valence-corrected chi connectivity index (χ3v) is 6.43. The number of urea groups is 1. The molecule has 2 aliphatic rings. The summed E-state index contributed by atoms with van der Waals surface area (Å²) in [5, 5.41) is 10.5. The van der Waals surface area contributed by atoms with Gasteiger partial charge in [0.15, 0.2) is 0 Å². The summed E-state index contributed by atoms with van der Waals surface area (Å²) in [6, 6.07) is 13.1. The molecule has 158 valence electrons. The van der Waals surface area contributed by atoms with Crippen molar-refractivity contribution in [3.05, 3.63) is 59.2 Å². The van der Waals surface area contributed by atoms with Crippen LogP contribution in [0.15, 0.2) is 48.7 Å². The van der Waals surface area contributed by atoms with E-state index in [0.29, 0.717) is 57.1 Å². The van der Waals surface area contributed by atoms with Gasteiger partial charge in [0.1, 0.15) is 5.82 Å². The second kappa shape index (κ2) is 8.52. The number of nitrogens with zero attached hydrogens (tertiary/aromatic N) is 4. The molecule has 7 nitrogen and oxygen atoms in total. The molecule has 1 aromatic carbocycles. The van der Waals surface area contributed by atoms with Crippen molar-refractivity contribution in [3.8, 4) is 0 Å². The first-order valence-corrected chi connectivity index (χ1v) is 10.6. The molecule has 0 saturated carbocycles. The van der Waals surface area contributed by atoms with Crippen LogP contribution in [-0.4, -0.2) is 71.2 Å². The highest BCUT2D eigenvalue weighted by Gasteiger charge is 2.44. The number of carbonyl (C=O) groups excluding carboxylic acids is 1. The highest BCUT2D eigenvalue weighted by atomic mass is 35.5. The zero-order valence-electron chi connectivity index (χ0n) is 16.7. The first kappa shape index (κ1) is 20.5. The van der Waals surface area contributed by atoms with Crippen LogP contribution in [0.25, 0.3) is 0 Å². The van der Waals surface area contributed by atoms with Gasteiger partial charge in [-0.25, -0.2) is 9.78 Å². The smallest absolute Gasteiger partial charge is 0.320 e. The minimum atomic E-state index is -0.920. The number of hydrogen-bond acceptors (Lipinski definition) is 4. The van der Waals surface area contributed by atoms with Crippen LogP contribution >= 0.6 is 11.6 Å². The fourth-order valence-electron chi connectivity index (χ4n) is 4.34. The number of carboxylic acids is 1. The summed E-state index contributed by atoms with van der Waals surface area (Å²) in [5.41, 5.74) is -0.106. The molecular formula is C22H25ClN4O3. The number of aromatic nitrogens is 1. The molecule has 2 saturated heterocycles. The van der Waals surface area contributed by atoms with Gasteiger partial charge in [-0.3, -0.25) is 4.79 Å². The molecule has 0 radical (unpaired) electrons. The molecule has 8 heteroatoms. The Morgan fingerprint density at radius 2 is 1.53 bits per heavy atom. The molecule has 0 spiro atoms. The van der Waals surface area contributed by atoms with Crippen molar-refractivity contribution < 1.29 is 14.7 Å². The first-order valence-electron chi connectivity index (χ1n) is 10.2. The quantitative estimate of drug-likeness (QED) is 0.812. The third-order valence-electron chi connectivity index (χ3n) is 6.21. The maximum atomic E-state index is 13.0. The molecule has 1 aromatic heterocycles. The Labute approximate surface area is 180 Å². The number of piperazine rings is 1. The van der Waals surface area contributed by atoms with Crippen LogP contribution in [0.2, 0.25) is 5.02 Å². The second-order valence-electron chi connectivity index (χ2n) is 7.83. The Morgan fingerprint density at radius 3 is 2.10 bits per heavy atom. The van der Waals surface area contributed by atoms with Crippen LogP contribution in [0.1, 0.15) is 18.4 Å². The zero-order valence-corrected chi connectivity index (χ0v) is 17.5. The van der Waals surface area contributed by atoms with E-state index in [0.717, 1.165) is 11.4 Å². The van der Waals surface area contributed by atoms with Crippen molar-refractivity contribution in [2.45, 2.75) is 18.3 Å². The van der Waals surface area contributed by atoms with Crippen molar-refractivity contribution in [1.82, 2.24) is 14.8 Å². The van der Waals surface area contributed by atoms with Gasteiger partial charge in [0.25, 0.3) is 0 Å². The van der Waals surface area contributed by atoms with E-state index >= 15 is 0 Å². The van der Waals surface area contributed by atoms with E-state index < -0.39 is 11.4 Å². The van der Waals surface area contributed by atoms with Gasteiger partial charge in [-0.15, -0.1) is 0 Å². The lowest BCUT2D eigenvalue weighted by Gasteiger charge is -2.42. The number of halogens is 1. The van der Waals surface area contributed by atoms with E-state index in [4.69, 9.17) is 11.6 Å². The monoisotopic (exact) mass is 428 g/mol. The van der Waals surface area contributed by atoms with Crippen LogP contribution in [0, 0.1) is 0 Å². The number of amides is 2. The molecule has 2 aliphatic heterocycles. The molecule has 0 aliphatic carbocycles. The number of piperidine rings is 1. The van der Waals surface area contributed by atoms with Gasteiger partial charge in [-0.2, -0.15) is 0 Å². The Hall–Kier alpha value is -2.80. The van der Waals surface area contributed by atoms with Crippen molar-refractivity contribution >= 4 is 29.4 Å². The molecule has 0 bridgehead atoms. The van der Waals surface area contributed by atoms with Crippen molar-refractivity contribution in [2.24, 2.45) is 0 Å². The number of hydrogen-bond donors (Lipinski definition) is 1. The largest absolute Gasteiger partial charge is 0.481 e. The van der Waals surface area contributed by atoms with Crippen LogP contribution in [0.3, 0.4) is 0 Å². The molecule has 2 fully saturated rings. The van der Waals surface area contributed by atoms with E-state index in [1.165, 1.54) is 0 Å². The third kappa shape index (κ3) is 3.94. The van der Waals surface area contributed by atoms with Gasteiger partial charge >= 0.3 is 12.0 Å². The Bertz CT molecular complexity index is 890. The number of likely N-dealkylation sites (tertiary alicyclic amines) is 1. The summed E-state index contributed by atoms with van der Waals surface area (Å²) in [7, 11) is 0. The Balaban J connectivity index is 1.36. The predicted molar refractivity (Wildman–Crippen MR) is 115 cm³/mol. The number of pyridine rings is 1. The fourth-order valence-corrected chi connectivity index (χ4v) is 4.46. The Morgan fingerprint density at radius 1 is 0.900 bits per heavy atom. The average molecular weight is 429 g/mol. The average Bonchev–Trinajstić information content (AvgIpc) is 2.80. The minimum Gasteiger partial charge on any atom is -0.481 e. The summed E-state index contributed by atoms with van der Waals surface area (Å²) >= 11 is 5.90. The minimum absolute atomic E-state index is 0.00855. The molecule has 4 rings (SSSR count). The molecular weight excluding hydrogens is 404 g/mol. The van der Waals surface area contributed by atoms with E-state index in [2.05, 4.69) is 9.88 Å². The van der Waals surface area contributed by atoms with Crippen molar-refractivity contribution in [2.75, 3.05) is 44.2 Å². The summed E-state index contributed by atoms with van der Waals surface area (Å²) in [5.74, 6) is 0.0449. The molecule has 0 atom stereocenters. The van der Waals surface area contributed by atoms with Crippen LogP contribution in [0.5, 0.6) is 0 Å². The maximum absolute atomic E-state index is 13.0. The highest BCUT2D eigenvalue weighted by molar-refractivity contribution is 6.30. The molecule has 2 aromatic rings. The number of rotatable bonds is 3. The fraction of sp³-hybridized carbons (Fsp3) is 0.409. The molecule has 0 unspecified atom stereocenters. The lowest BCUT2D eigenvalue weighted by Crippen LogP contribution is -2.56. The van der Waals surface area contributed by atoms with Crippen LogP contribution in [-0.2, 0) is 10.2 Å². The molecule has 1 N–H and O–H groups in total. The van der Waals surface area contributed by atoms with Gasteiger partial charge in [-0.05, 0) is 30.5 Å². The van der Waals surface area contributed by atoms with Gasteiger partial charge in [0, 0.05) is 45.5 Å². The van der Waals surface area contributed by atoms with E-state index in [-0.39, 0.29) is 6.03 Å². The van der Waals surface area contributed by atoms with E-state index in [1.807, 2.05) is 47.4 Å². The summed E-state index contributed by atoms with van der Waals surface area (Å²) in [6.07, 6.45) is 2.48. The van der Waals surface area contributed by atoms with E-state index in [1.54, 1.807) is 11.1 Å².